The van der Waals surface area contributed by atoms with E-state index in [2.05, 4.69) is 5.32 Å². The number of carboxylic acids is 1. The number of carbonyl (C=O) groups is 2. The number of nitrogens with one attached hydrogen (secondary N) is 1. The second kappa shape index (κ2) is 6.37. The Hall–Kier alpha value is -2.40. The summed E-state index contributed by atoms with van der Waals surface area (Å²) in [6.07, 6.45) is -0.237. The van der Waals surface area contributed by atoms with Crippen LogP contribution in [0.15, 0.2) is 42.5 Å². The molecule has 2 aromatic carbocycles. The van der Waals surface area contributed by atoms with E-state index in [1.165, 1.54) is 12.1 Å². The Labute approximate surface area is 125 Å². The van der Waals surface area contributed by atoms with Gasteiger partial charge in [0.1, 0.15) is 5.82 Å². The third kappa shape index (κ3) is 3.79. The highest BCUT2D eigenvalue weighted by atomic mass is 35.5. The predicted molar refractivity (Wildman–Crippen MR) is 77.1 cm³/mol. The molecule has 0 fully saturated rings. The minimum atomic E-state index is -1.02. The molecule has 0 saturated heterocycles. The Bertz CT molecular complexity index is 703. The Morgan fingerprint density at radius 2 is 1.90 bits per heavy atom. The van der Waals surface area contributed by atoms with Crippen LogP contribution in [0, 0.1) is 5.82 Å². The van der Waals surface area contributed by atoms with E-state index in [4.69, 9.17) is 16.7 Å². The molecule has 0 spiro atoms. The van der Waals surface area contributed by atoms with Gasteiger partial charge in [-0.1, -0.05) is 29.8 Å². The molecule has 0 saturated carbocycles. The van der Waals surface area contributed by atoms with Gasteiger partial charge in [-0.2, -0.15) is 0 Å². The van der Waals surface area contributed by atoms with Crippen LogP contribution in [0.5, 0.6) is 0 Å². The first-order chi connectivity index (χ1) is 9.97. The predicted octanol–water partition coefficient (Wildman–Crippen LogP) is 3.36. The maximum atomic E-state index is 13.7. The van der Waals surface area contributed by atoms with Crippen LogP contribution in [0.25, 0.3) is 0 Å². The number of benzene rings is 2. The van der Waals surface area contributed by atoms with Crippen molar-refractivity contribution in [2.75, 3.05) is 5.32 Å². The zero-order chi connectivity index (χ0) is 15.4. The van der Waals surface area contributed by atoms with Gasteiger partial charge in [0.25, 0.3) is 5.91 Å². The molecule has 2 aromatic rings. The topological polar surface area (TPSA) is 66.4 Å². The number of para-hydroxylation sites is 1. The number of carboxylic acid groups (broad SMARTS) is 1. The van der Waals surface area contributed by atoms with Crippen LogP contribution < -0.4 is 5.32 Å². The van der Waals surface area contributed by atoms with Crippen molar-refractivity contribution in [3.05, 3.63) is 64.4 Å². The van der Waals surface area contributed by atoms with Crippen molar-refractivity contribution in [3.63, 3.8) is 0 Å². The number of amides is 1. The zero-order valence-electron chi connectivity index (χ0n) is 10.8. The molecular weight excluding hydrogens is 297 g/mol. The fraction of sp³-hybridized carbons (Fsp3) is 0.0667. The van der Waals surface area contributed by atoms with Gasteiger partial charge in [-0.15, -0.1) is 0 Å². The Kier molecular flexibility index (Phi) is 4.55. The first-order valence-corrected chi connectivity index (χ1v) is 6.41. The van der Waals surface area contributed by atoms with Crippen LogP contribution in [-0.2, 0) is 11.2 Å². The minimum absolute atomic E-state index is 0.162. The molecule has 6 heteroatoms. The lowest BCUT2D eigenvalue weighted by Crippen LogP contribution is -2.15. The molecule has 0 heterocycles. The van der Waals surface area contributed by atoms with Gasteiger partial charge in [-0.05, 0) is 29.8 Å². The zero-order valence-corrected chi connectivity index (χ0v) is 11.5. The average Bonchev–Trinajstić information content (AvgIpc) is 2.40. The Morgan fingerprint density at radius 3 is 2.57 bits per heavy atom. The van der Waals surface area contributed by atoms with Crippen LogP contribution >= 0.6 is 11.6 Å². The number of aliphatic carboxylic acids is 1. The van der Waals surface area contributed by atoms with E-state index < -0.39 is 17.7 Å². The third-order valence-electron chi connectivity index (χ3n) is 2.78. The van der Waals surface area contributed by atoms with Gasteiger partial charge in [0.05, 0.1) is 12.0 Å². The van der Waals surface area contributed by atoms with Crippen LogP contribution in [0.1, 0.15) is 15.9 Å². The average molecular weight is 308 g/mol. The number of halogens is 2. The number of rotatable bonds is 4. The minimum Gasteiger partial charge on any atom is -0.481 e. The molecule has 4 nitrogen and oxygen atoms in total. The monoisotopic (exact) mass is 307 g/mol. The first kappa shape index (κ1) is 15.0. The number of anilines is 1. The molecule has 0 radical (unpaired) electrons. The van der Waals surface area contributed by atoms with E-state index >= 15 is 0 Å². The van der Waals surface area contributed by atoms with Gasteiger partial charge >= 0.3 is 5.97 Å². The Balaban J connectivity index is 2.25. The van der Waals surface area contributed by atoms with Gasteiger partial charge in [0.15, 0.2) is 0 Å². The van der Waals surface area contributed by atoms with Gasteiger partial charge in [0.2, 0.25) is 0 Å². The summed E-state index contributed by atoms with van der Waals surface area (Å²) >= 11 is 5.63. The summed E-state index contributed by atoms with van der Waals surface area (Å²) < 4.78 is 13.7. The molecule has 0 bridgehead atoms. The molecule has 0 aliphatic heterocycles. The summed E-state index contributed by atoms with van der Waals surface area (Å²) in [5, 5.41) is 11.5. The molecule has 0 aliphatic carbocycles. The summed E-state index contributed by atoms with van der Waals surface area (Å²) in [6, 6.07) is 10.2. The van der Waals surface area contributed by atoms with Crippen molar-refractivity contribution in [2.45, 2.75) is 6.42 Å². The van der Waals surface area contributed by atoms with E-state index in [1.54, 1.807) is 24.3 Å². The highest BCUT2D eigenvalue weighted by Gasteiger charge is 2.14. The molecule has 0 aromatic heterocycles. The highest BCUT2D eigenvalue weighted by Crippen LogP contribution is 2.19. The largest absolute Gasteiger partial charge is 0.481 e. The smallest absolute Gasteiger partial charge is 0.307 e. The fourth-order valence-electron chi connectivity index (χ4n) is 1.82. The summed E-state index contributed by atoms with van der Waals surface area (Å²) in [4.78, 5) is 22.8. The van der Waals surface area contributed by atoms with Crippen molar-refractivity contribution in [1.82, 2.24) is 0 Å². The van der Waals surface area contributed by atoms with E-state index in [1.807, 2.05) is 0 Å². The number of hydrogen-bond acceptors (Lipinski definition) is 2. The van der Waals surface area contributed by atoms with Crippen LogP contribution in [0.3, 0.4) is 0 Å². The van der Waals surface area contributed by atoms with Crippen molar-refractivity contribution in [3.8, 4) is 0 Å². The third-order valence-corrected chi connectivity index (χ3v) is 3.02. The SMILES string of the molecule is O=C(O)Cc1ccccc1NC(=O)c1ccc(Cl)cc1F. The molecule has 108 valence electrons. The van der Waals surface area contributed by atoms with Crippen molar-refractivity contribution >= 4 is 29.2 Å². The second-order valence-electron chi connectivity index (χ2n) is 4.31. The molecule has 2 N–H and O–H groups in total. The van der Waals surface area contributed by atoms with Gasteiger partial charge in [-0.3, -0.25) is 9.59 Å². The lowest BCUT2D eigenvalue weighted by Gasteiger charge is -2.10. The number of carbonyl (C=O) groups excluding carboxylic acids is 1. The first-order valence-electron chi connectivity index (χ1n) is 6.03. The second-order valence-corrected chi connectivity index (χ2v) is 4.74. The molecule has 1 amide bonds. The van der Waals surface area contributed by atoms with Crippen LogP contribution in [0.2, 0.25) is 5.02 Å². The summed E-state index contributed by atoms with van der Waals surface area (Å²) in [7, 11) is 0. The summed E-state index contributed by atoms with van der Waals surface area (Å²) in [5.41, 5.74) is 0.608. The molecule has 0 aliphatic rings. The van der Waals surface area contributed by atoms with E-state index in [0.717, 1.165) is 6.07 Å². The molecule has 0 atom stereocenters. The van der Waals surface area contributed by atoms with Gasteiger partial charge in [-0.25, -0.2) is 4.39 Å². The van der Waals surface area contributed by atoms with Crippen LogP contribution in [-0.4, -0.2) is 17.0 Å². The molecule has 21 heavy (non-hydrogen) atoms. The normalized spacial score (nSPS) is 10.2. The van der Waals surface area contributed by atoms with Crippen molar-refractivity contribution < 1.29 is 19.1 Å². The van der Waals surface area contributed by atoms with Crippen molar-refractivity contribution in [2.24, 2.45) is 0 Å². The fourth-order valence-corrected chi connectivity index (χ4v) is 1.98. The summed E-state index contributed by atoms with van der Waals surface area (Å²) in [5.74, 6) is -2.42. The standard InChI is InChI=1S/C15H11ClFNO3/c16-10-5-6-11(12(17)8-10)15(21)18-13-4-2-1-3-9(13)7-14(19)20/h1-6,8H,7H2,(H,18,21)(H,19,20). The maximum Gasteiger partial charge on any atom is 0.307 e. The van der Waals surface area contributed by atoms with Gasteiger partial charge in [0, 0.05) is 10.7 Å². The number of hydrogen-bond donors (Lipinski definition) is 2. The van der Waals surface area contributed by atoms with E-state index in [-0.39, 0.29) is 17.0 Å². The summed E-state index contributed by atoms with van der Waals surface area (Å²) in [6.45, 7) is 0. The van der Waals surface area contributed by atoms with Crippen LogP contribution in [0.4, 0.5) is 10.1 Å². The molecular formula is C15H11ClFNO3. The maximum absolute atomic E-state index is 13.7. The molecule has 2 rings (SSSR count). The van der Waals surface area contributed by atoms with E-state index in [9.17, 15) is 14.0 Å². The van der Waals surface area contributed by atoms with Gasteiger partial charge < -0.3 is 10.4 Å². The quantitative estimate of drug-likeness (QED) is 0.910. The molecule has 0 unspecified atom stereocenters. The highest BCUT2D eigenvalue weighted by molar-refractivity contribution is 6.30. The lowest BCUT2D eigenvalue weighted by atomic mass is 10.1. The lowest BCUT2D eigenvalue weighted by molar-refractivity contribution is -0.136. The van der Waals surface area contributed by atoms with E-state index in [0.29, 0.717) is 11.3 Å². The van der Waals surface area contributed by atoms with Crippen molar-refractivity contribution in [1.29, 1.82) is 0 Å². The Morgan fingerprint density at radius 1 is 1.19 bits per heavy atom.